The second kappa shape index (κ2) is 13.9. The highest BCUT2D eigenvalue weighted by Gasteiger charge is 2.40. The summed E-state index contributed by atoms with van der Waals surface area (Å²) in [7, 11) is 0. The van der Waals surface area contributed by atoms with Crippen LogP contribution in [0.2, 0.25) is 0 Å². The number of nitrogens with one attached hydrogen (secondary N) is 3. The van der Waals surface area contributed by atoms with Crippen LogP contribution in [0.1, 0.15) is 40.8 Å². The van der Waals surface area contributed by atoms with E-state index in [0.717, 1.165) is 45.6 Å². The predicted molar refractivity (Wildman–Crippen MR) is 202 cm³/mol. The topological polar surface area (TPSA) is 59.7 Å². The van der Waals surface area contributed by atoms with Gasteiger partial charge in [-0.1, -0.05) is 78.9 Å². The number of benzene rings is 4. The van der Waals surface area contributed by atoms with Gasteiger partial charge in [0.25, 0.3) is 0 Å². The molecule has 5 heterocycles. The Morgan fingerprint density at radius 1 is 0.612 bits per heavy atom. The van der Waals surface area contributed by atoms with E-state index in [1.165, 1.54) is 62.6 Å². The molecule has 0 saturated carbocycles. The second-order valence-corrected chi connectivity index (χ2v) is 14.2. The third-order valence-corrected chi connectivity index (χ3v) is 10.9. The quantitative estimate of drug-likeness (QED) is 0.156. The van der Waals surface area contributed by atoms with Gasteiger partial charge in [-0.2, -0.15) is 0 Å². The maximum absolute atomic E-state index is 4.53. The summed E-state index contributed by atoms with van der Waals surface area (Å²) in [6.45, 7) is 5.39. The zero-order valence-corrected chi connectivity index (χ0v) is 28.1. The molecule has 2 fully saturated rings. The number of hydrogen-bond acceptors (Lipinski definition) is 3. The van der Waals surface area contributed by atoms with Crippen molar-refractivity contribution in [1.82, 2.24) is 25.2 Å². The maximum atomic E-state index is 4.53. The number of rotatable bonds is 8. The van der Waals surface area contributed by atoms with Gasteiger partial charge in [0, 0.05) is 72.2 Å². The minimum atomic E-state index is 0.166. The van der Waals surface area contributed by atoms with Gasteiger partial charge in [0.15, 0.2) is 0 Å². The van der Waals surface area contributed by atoms with E-state index in [-0.39, 0.29) is 10.8 Å². The largest absolute Gasteiger partial charge is 0.361 e. The lowest BCUT2D eigenvalue weighted by Gasteiger charge is -2.31. The number of aromatic amines is 2. The molecule has 2 unspecified atom stereocenters. The molecular formula is C44H45N5. The number of hydrogen-bond donors (Lipinski definition) is 3. The highest BCUT2D eigenvalue weighted by atomic mass is 15.2. The highest BCUT2D eigenvalue weighted by molar-refractivity contribution is 5.81. The lowest BCUT2D eigenvalue weighted by atomic mass is 9.74. The Labute approximate surface area is 289 Å². The molecule has 3 aromatic heterocycles. The standard InChI is InChI=1S/C26H26N2.C18H19N3/c1-3-7-21(8-4-1)18-26(24-11-12-25-23(17-24)13-15-27-25)14-16-28(20-26)19-22-9-5-2-6-10-22;1-2-8-20-16(3-1)12-18(7-10-19-13-18)15-4-5-17-14(11-15)6-9-21-17/h1-13,15,17,27H,14,16,18-20H2;1-6,8-9,11,19,21H,7,10,12-13H2. The lowest BCUT2D eigenvalue weighted by molar-refractivity contribution is 0.301. The summed E-state index contributed by atoms with van der Waals surface area (Å²) in [5.41, 5.74) is 9.66. The van der Waals surface area contributed by atoms with E-state index < -0.39 is 0 Å². The van der Waals surface area contributed by atoms with Gasteiger partial charge < -0.3 is 15.3 Å². The number of H-pyrrole nitrogens is 2. The molecule has 0 aliphatic carbocycles. The molecule has 2 aliphatic heterocycles. The van der Waals surface area contributed by atoms with Crippen molar-refractivity contribution in [3.8, 4) is 0 Å². The molecule has 7 aromatic rings. The van der Waals surface area contributed by atoms with E-state index in [9.17, 15) is 0 Å². The number of pyridine rings is 1. The monoisotopic (exact) mass is 643 g/mol. The van der Waals surface area contributed by atoms with Crippen molar-refractivity contribution in [2.75, 3.05) is 26.2 Å². The van der Waals surface area contributed by atoms with Gasteiger partial charge in [0.2, 0.25) is 0 Å². The number of nitrogens with zero attached hydrogens (tertiary/aromatic N) is 2. The molecular weight excluding hydrogens is 599 g/mol. The summed E-state index contributed by atoms with van der Waals surface area (Å²) >= 11 is 0. The van der Waals surface area contributed by atoms with E-state index in [4.69, 9.17) is 0 Å². The van der Waals surface area contributed by atoms with E-state index in [0.29, 0.717) is 0 Å². The Kier molecular flexibility index (Phi) is 8.86. The Hall–Kier alpha value is -4.97. The van der Waals surface area contributed by atoms with Gasteiger partial charge in [-0.25, -0.2) is 0 Å². The molecule has 0 radical (unpaired) electrons. The van der Waals surface area contributed by atoms with Crippen LogP contribution in [0.15, 0.2) is 146 Å². The summed E-state index contributed by atoms with van der Waals surface area (Å²) in [5.74, 6) is 0. The molecule has 3 N–H and O–H groups in total. The molecule has 0 spiro atoms. The molecule has 9 rings (SSSR count). The van der Waals surface area contributed by atoms with Crippen LogP contribution >= 0.6 is 0 Å². The predicted octanol–water partition coefficient (Wildman–Crippen LogP) is 8.59. The number of fused-ring (bicyclic) bond motifs is 2. The summed E-state index contributed by atoms with van der Waals surface area (Å²) in [5, 5.41) is 6.14. The second-order valence-electron chi connectivity index (χ2n) is 14.2. The van der Waals surface area contributed by atoms with E-state index in [2.05, 4.69) is 146 Å². The fourth-order valence-corrected chi connectivity index (χ4v) is 8.26. The van der Waals surface area contributed by atoms with Gasteiger partial charge in [0.1, 0.15) is 0 Å². The van der Waals surface area contributed by atoms with Crippen molar-refractivity contribution < 1.29 is 0 Å². The summed E-state index contributed by atoms with van der Waals surface area (Å²) in [6, 6.07) is 46.2. The molecule has 2 atom stereocenters. The molecule has 4 aromatic carbocycles. The molecule has 2 aliphatic rings. The molecule has 2 saturated heterocycles. The van der Waals surface area contributed by atoms with Gasteiger partial charge in [-0.05, 0) is 114 Å². The van der Waals surface area contributed by atoms with Crippen molar-refractivity contribution >= 4 is 21.8 Å². The van der Waals surface area contributed by atoms with Gasteiger partial charge in [-0.3, -0.25) is 9.88 Å². The first-order valence-electron chi connectivity index (χ1n) is 17.7. The van der Waals surface area contributed by atoms with Gasteiger partial charge in [-0.15, -0.1) is 0 Å². The molecule has 0 amide bonds. The van der Waals surface area contributed by atoms with Crippen molar-refractivity contribution in [3.05, 3.63) is 174 Å². The van der Waals surface area contributed by atoms with E-state index in [1.54, 1.807) is 0 Å². The summed E-state index contributed by atoms with van der Waals surface area (Å²) < 4.78 is 0. The Bertz CT molecular complexity index is 2090. The summed E-state index contributed by atoms with van der Waals surface area (Å²) in [6.07, 6.45) is 10.4. The maximum Gasteiger partial charge on any atom is 0.0454 e. The van der Waals surface area contributed by atoms with Crippen LogP contribution < -0.4 is 5.32 Å². The fraction of sp³-hybridized carbons (Fsp3) is 0.250. The zero-order chi connectivity index (χ0) is 32.9. The SMILES string of the molecule is c1ccc(CC2(c3ccc4[nH]ccc4c3)CCNC2)nc1.c1ccc(CN2CCC(Cc3ccccc3)(c3ccc4[nH]ccc4c3)C2)cc1. The molecule has 49 heavy (non-hydrogen) atoms. The first-order valence-corrected chi connectivity index (χ1v) is 17.7. The Morgan fingerprint density at radius 3 is 1.90 bits per heavy atom. The highest BCUT2D eigenvalue weighted by Crippen LogP contribution is 2.40. The summed E-state index contributed by atoms with van der Waals surface area (Å²) in [4.78, 5) is 13.8. The smallest absolute Gasteiger partial charge is 0.0454 e. The minimum absolute atomic E-state index is 0.166. The first kappa shape index (κ1) is 31.3. The van der Waals surface area contributed by atoms with Crippen LogP contribution in [0.5, 0.6) is 0 Å². The third-order valence-electron chi connectivity index (χ3n) is 10.9. The van der Waals surface area contributed by atoms with Crippen LogP contribution in [-0.4, -0.2) is 46.0 Å². The number of likely N-dealkylation sites (tertiary alicyclic amines) is 1. The molecule has 0 bridgehead atoms. The Balaban J connectivity index is 0.000000148. The van der Waals surface area contributed by atoms with Crippen LogP contribution in [-0.2, 0) is 30.2 Å². The van der Waals surface area contributed by atoms with Crippen molar-refractivity contribution in [2.24, 2.45) is 0 Å². The minimum Gasteiger partial charge on any atom is -0.361 e. The Morgan fingerprint density at radius 2 is 1.27 bits per heavy atom. The van der Waals surface area contributed by atoms with Gasteiger partial charge >= 0.3 is 0 Å². The van der Waals surface area contributed by atoms with Gasteiger partial charge in [0.05, 0.1) is 0 Å². The average Bonchev–Trinajstić information content (AvgIpc) is 3.98. The molecule has 5 heteroatoms. The zero-order valence-electron chi connectivity index (χ0n) is 28.1. The van der Waals surface area contributed by atoms with Crippen LogP contribution in [0.4, 0.5) is 0 Å². The third kappa shape index (κ3) is 6.82. The van der Waals surface area contributed by atoms with Crippen molar-refractivity contribution in [1.29, 1.82) is 0 Å². The van der Waals surface area contributed by atoms with Crippen LogP contribution in [0, 0.1) is 0 Å². The fourth-order valence-electron chi connectivity index (χ4n) is 8.26. The number of aromatic nitrogens is 3. The van der Waals surface area contributed by atoms with E-state index >= 15 is 0 Å². The van der Waals surface area contributed by atoms with Crippen LogP contribution in [0.25, 0.3) is 21.8 Å². The average molecular weight is 644 g/mol. The van der Waals surface area contributed by atoms with Crippen LogP contribution in [0.3, 0.4) is 0 Å². The van der Waals surface area contributed by atoms with E-state index in [1.807, 2.05) is 24.7 Å². The van der Waals surface area contributed by atoms with Crippen molar-refractivity contribution in [2.45, 2.75) is 43.1 Å². The first-order chi connectivity index (χ1) is 24.2. The molecule has 5 nitrogen and oxygen atoms in total. The molecule has 246 valence electrons. The normalized spacial score (nSPS) is 20.8. The lowest BCUT2D eigenvalue weighted by Crippen LogP contribution is -2.33. The van der Waals surface area contributed by atoms with Crippen molar-refractivity contribution in [3.63, 3.8) is 0 Å².